The fourth-order valence-electron chi connectivity index (χ4n) is 4.23. The molecule has 0 unspecified atom stereocenters. The lowest BCUT2D eigenvalue weighted by Crippen LogP contribution is -2.42. The van der Waals surface area contributed by atoms with E-state index in [0.29, 0.717) is 6.04 Å². The van der Waals surface area contributed by atoms with Gasteiger partial charge in [-0.1, -0.05) is 26.2 Å². The molecule has 2 atom stereocenters. The second-order valence-electron chi connectivity index (χ2n) is 8.06. The molecule has 4 rings (SSSR count). The highest BCUT2D eigenvalue weighted by Gasteiger charge is 2.22. The number of aromatic nitrogens is 2. The van der Waals surface area contributed by atoms with Crippen LogP contribution in [0, 0.1) is 6.92 Å². The van der Waals surface area contributed by atoms with Crippen molar-refractivity contribution in [3.05, 3.63) is 47.8 Å². The van der Waals surface area contributed by atoms with Crippen LogP contribution in [0.3, 0.4) is 0 Å². The van der Waals surface area contributed by atoms with Crippen LogP contribution in [0.25, 0.3) is 10.9 Å². The van der Waals surface area contributed by atoms with E-state index in [1.54, 1.807) is 0 Å². The lowest BCUT2D eigenvalue weighted by Gasteiger charge is -2.30. The minimum atomic E-state index is 0.222. The molecule has 2 heterocycles. The van der Waals surface area contributed by atoms with Crippen LogP contribution in [0.1, 0.15) is 50.3 Å². The van der Waals surface area contributed by atoms with E-state index in [-0.39, 0.29) is 6.04 Å². The fourth-order valence-corrected chi connectivity index (χ4v) is 4.23. The van der Waals surface area contributed by atoms with Gasteiger partial charge < -0.3 is 21.4 Å². The molecular formula is C23H31N5. The van der Waals surface area contributed by atoms with Crippen molar-refractivity contribution in [1.82, 2.24) is 9.97 Å². The van der Waals surface area contributed by atoms with Crippen molar-refractivity contribution < 1.29 is 0 Å². The maximum Gasteiger partial charge on any atom is 0.130 e. The number of benzene rings is 1. The molecule has 2 aromatic heterocycles. The van der Waals surface area contributed by atoms with Crippen molar-refractivity contribution >= 4 is 28.1 Å². The third-order valence-corrected chi connectivity index (χ3v) is 5.63. The van der Waals surface area contributed by atoms with E-state index in [1.165, 1.54) is 23.8 Å². The minimum absolute atomic E-state index is 0.222. The van der Waals surface area contributed by atoms with E-state index in [9.17, 15) is 0 Å². The van der Waals surface area contributed by atoms with E-state index in [1.807, 2.05) is 6.20 Å². The number of fused-ring (bicyclic) bond motifs is 1. The highest BCUT2D eigenvalue weighted by Crippen LogP contribution is 2.31. The van der Waals surface area contributed by atoms with Crippen LogP contribution < -0.4 is 16.4 Å². The number of anilines is 3. The molecule has 0 aliphatic heterocycles. The molecule has 0 amide bonds. The van der Waals surface area contributed by atoms with Crippen LogP contribution >= 0.6 is 0 Å². The normalized spacial score (nSPS) is 19.7. The van der Waals surface area contributed by atoms with E-state index in [2.05, 4.69) is 59.8 Å². The van der Waals surface area contributed by atoms with Gasteiger partial charge in [0.05, 0.1) is 5.69 Å². The standard InChI is InChI=1S/C23H31N5/c1-3-6-16-11-15(2)12-23(27-16)28-22-14-17(13-21-18(22)9-10-25-21)26-20-8-5-4-7-19(20)24/h9-14,19-20,25-26H,3-8,24H2,1-2H3,(H,27,28)/t19-,20+/m0/s1. The Balaban J connectivity index is 1.64. The molecule has 1 aromatic carbocycles. The van der Waals surface area contributed by atoms with Crippen molar-refractivity contribution in [3.63, 3.8) is 0 Å². The first-order chi connectivity index (χ1) is 13.6. The molecule has 0 bridgehead atoms. The number of hydrogen-bond acceptors (Lipinski definition) is 4. The van der Waals surface area contributed by atoms with Gasteiger partial charge in [-0.05, 0) is 62.1 Å². The summed E-state index contributed by atoms with van der Waals surface area (Å²) in [5, 5.41) is 8.40. The van der Waals surface area contributed by atoms with E-state index < -0.39 is 0 Å². The Hall–Kier alpha value is -2.53. The van der Waals surface area contributed by atoms with Gasteiger partial charge in [-0.25, -0.2) is 4.98 Å². The van der Waals surface area contributed by atoms with E-state index in [0.717, 1.165) is 54.1 Å². The van der Waals surface area contributed by atoms with Gasteiger partial charge in [0.1, 0.15) is 5.82 Å². The summed E-state index contributed by atoms with van der Waals surface area (Å²) in [4.78, 5) is 8.15. The second kappa shape index (κ2) is 8.23. The minimum Gasteiger partial charge on any atom is -0.381 e. The lowest BCUT2D eigenvalue weighted by molar-refractivity contribution is 0.404. The number of nitrogens with two attached hydrogens (primary N) is 1. The van der Waals surface area contributed by atoms with Gasteiger partial charge >= 0.3 is 0 Å². The molecule has 1 aliphatic rings. The molecule has 1 fully saturated rings. The third kappa shape index (κ3) is 4.14. The molecule has 1 saturated carbocycles. The average Bonchev–Trinajstić information content (AvgIpc) is 3.12. The number of nitrogens with one attached hydrogen (secondary N) is 3. The molecule has 5 heteroatoms. The van der Waals surface area contributed by atoms with Crippen LogP contribution in [0.5, 0.6) is 0 Å². The number of aromatic amines is 1. The van der Waals surface area contributed by atoms with Crippen LogP contribution in [-0.4, -0.2) is 22.1 Å². The molecule has 5 nitrogen and oxygen atoms in total. The first-order valence-electron chi connectivity index (χ1n) is 10.5. The third-order valence-electron chi connectivity index (χ3n) is 5.63. The molecule has 28 heavy (non-hydrogen) atoms. The van der Waals surface area contributed by atoms with Crippen molar-refractivity contribution in [1.29, 1.82) is 0 Å². The topological polar surface area (TPSA) is 78.8 Å². The molecule has 0 saturated heterocycles. The first-order valence-corrected chi connectivity index (χ1v) is 10.5. The number of aryl methyl sites for hydroxylation is 2. The van der Waals surface area contributed by atoms with Gasteiger partial charge in [-0.2, -0.15) is 0 Å². The van der Waals surface area contributed by atoms with E-state index in [4.69, 9.17) is 10.7 Å². The zero-order chi connectivity index (χ0) is 19.5. The number of hydrogen-bond donors (Lipinski definition) is 4. The predicted molar refractivity (Wildman–Crippen MR) is 118 cm³/mol. The van der Waals surface area contributed by atoms with Crippen LogP contribution in [0.4, 0.5) is 17.2 Å². The van der Waals surface area contributed by atoms with Gasteiger partial charge in [0.15, 0.2) is 0 Å². The monoisotopic (exact) mass is 377 g/mol. The maximum atomic E-state index is 6.35. The molecule has 5 N–H and O–H groups in total. The average molecular weight is 378 g/mol. The smallest absolute Gasteiger partial charge is 0.130 e. The van der Waals surface area contributed by atoms with Crippen LogP contribution in [0.15, 0.2) is 36.5 Å². The van der Waals surface area contributed by atoms with Gasteiger partial charge in [0.2, 0.25) is 0 Å². The summed E-state index contributed by atoms with van der Waals surface area (Å²) in [7, 11) is 0. The Kier molecular flexibility index (Phi) is 5.53. The number of nitrogens with zero attached hydrogens (tertiary/aromatic N) is 1. The Morgan fingerprint density at radius 1 is 1.18 bits per heavy atom. The van der Waals surface area contributed by atoms with E-state index >= 15 is 0 Å². The predicted octanol–water partition coefficient (Wildman–Crippen LogP) is 5.25. The maximum absolute atomic E-state index is 6.35. The molecule has 1 aliphatic carbocycles. The Morgan fingerprint density at radius 3 is 2.86 bits per heavy atom. The summed E-state index contributed by atoms with van der Waals surface area (Å²) in [5.41, 5.74) is 12.0. The molecule has 0 radical (unpaired) electrons. The highest BCUT2D eigenvalue weighted by molar-refractivity contribution is 5.96. The zero-order valence-corrected chi connectivity index (χ0v) is 16.9. The molecule has 3 aromatic rings. The second-order valence-corrected chi connectivity index (χ2v) is 8.06. The SMILES string of the molecule is CCCc1cc(C)cc(Nc2cc(N[C@@H]3CCCC[C@@H]3N)cc3[nH]ccc23)n1. The quantitative estimate of drug-likeness (QED) is 0.473. The summed E-state index contributed by atoms with van der Waals surface area (Å²) in [6.07, 6.45) is 8.79. The summed E-state index contributed by atoms with van der Waals surface area (Å²) >= 11 is 0. The largest absolute Gasteiger partial charge is 0.381 e. The first kappa shape index (κ1) is 18.8. The van der Waals surface area contributed by atoms with Crippen molar-refractivity contribution in [2.75, 3.05) is 10.6 Å². The molecular weight excluding hydrogens is 346 g/mol. The number of pyridine rings is 1. The summed E-state index contributed by atoms with van der Waals surface area (Å²) < 4.78 is 0. The fraction of sp³-hybridized carbons (Fsp3) is 0.435. The van der Waals surface area contributed by atoms with Gasteiger partial charge in [0, 0.05) is 40.6 Å². The van der Waals surface area contributed by atoms with Crippen molar-refractivity contribution in [3.8, 4) is 0 Å². The number of rotatable bonds is 6. The Bertz CT molecular complexity index is 945. The lowest BCUT2D eigenvalue weighted by atomic mass is 9.91. The molecule has 0 spiro atoms. The van der Waals surface area contributed by atoms with Crippen LogP contribution in [0.2, 0.25) is 0 Å². The van der Waals surface area contributed by atoms with Crippen LogP contribution in [-0.2, 0) is 6.42 Å². The summed E-state index contributed by atoms with van der Waals surface area (Å²) in [5.74, 6) is 0.900. The van der Waals surface area contributed by atoms with Gasteiger partial charge in [-0.15, -0.1) is 0 Å². The zero-order valence-electron chi connectivity index (χ0n) is 16.9. The number of H-pyrrole nitrogens is 1. The van der Waals surface area contributed by atoms with Gasteiger partial charge in [-0.3, -0.25) is 0 Å². The Morgan fingerprint density at radius 2 is 2.04 bits per heavy atom. The molecule has 148 valence electrons. The van der Waals surface area contributed by atoms with Crippen molar-refractivity contribution in [2.24, 2.45) is 5.73 Å². The summed E-state index contributed by atoms with van der Waals surface area (Å²) in [6.45, 7) is 4.31. The summed E-state index contributed by atoms with van der Waals surface area (Å²) in [6, 6.07) is 11.3. The van der Waals surface area contributed by atoms with Crippen molar-refractivity contribution in [2.45, 2.75) is 64.5 Å². The van der Waals surface area contributed by atoms with Gasteiger partial charge in [0.25, 0.3) is 0 Å². The Labute approximate surface area is 167 Å². The highest BCUT2D eigenvalue weighted by atomic mass is 15.0.